The van der Waals surface area contributed by atoms with Gasteiger partial charge in [0.05, 0.1) is 11.0 Å². The van der Waals surface area contributed by atoms with Crippen LogP contribution in [-0.4, -0.2) is 9.97 Å². The molecular weight excluding hydrogens is 292 g/mol. The van der Waals surface area contributed by atoms with E-state index in [-0.39, 0.29) is 0 Å². The number of nitrogens with zero attached hydrogens (tertiary/aromatic N) is 2. The normalized spacial score (nSPS) is 30.7. The average Bonchev–Trinajstić information content (AvgIpc) is 2.76. The van der Waals surface area contributed by atoms with Crippen molar-refractivity contribution in [2.24, 2.45) is 11.8 Å². The van der Waals surface area contributed by atoms with Gasteiger partial charge < -0.3 is 0 Å². The molecule has 0 N–H and O–H groups in total. The van der Waals surface area contributed by atoms with Gasteiger partial charge in [-0.3, -0.25) is 9.97 Å². The number of benzene rings is 1. The molecule has 2 heterocycles. The molecule has 120 valence electrons. The second kappa shape index (κ2) is 4.56. The molecule has 0 radical (unpaired) electrons. The monoisotopic (exact) mass is 314 g/mol. The number of hydrogen-bond acceptors (Lipinski definition) is 2. The van der Waals surface area contributed by atoms with Crippen molar-refractivity contribution in [3.05, 3.63) is 47.3 Å². The predicted octanol–water partition coefficient (Wildman–Crippen LogP) is 5.48. The van der Waals surface area contributed by atoms with E-state index in [0.717, 1.165) is 29.2 Å². The molecule has 4 aliphatic rings. The van der Waals surface area contributed by atoms with Crippen LogP contribution in [0.3, 0.4) is 0 Å². The van der Waals surface area contributed by atoms with Gasteiger partial charge in [0.2, 0.25) is 0 Å². The molecule has 3 aromatic rings. The van der Waals surface area contributed by atoms with Crippen molar-refractivity contribution in [2.75, 3.05) is 0 Å². The van der Waals surface area contributed by atoms with Crippen LogP contribution in [0.2, 0.25) is 0 Å². The molecule has 0 saturated heterocycles. The maximum Gasteiger partial charge on any atom is 0.0799 e. The highest BCUT2D eigenvalue weighted by Crippen LogP contribution is 2.57. The number of fused-ring (bicyclic) bond motifs is 3. The van der Waals surface area contributed by atoms with Crippen LogP contribution >= 0.6 is 0 Å². The van der Waals surface area contributed by atoms with Crippen LogP contribution in [0.4, 0.5) is 0 Å². The topological polar surface area (TPSA) is 25.8 Å². The zero-order valence-electron chi connectivity index (χ0n) is 14.1. The van der Waals surface area contributed by atoms with Gasteiger partial charge in [-0.05, 0) is 97.6 Å². The van der Waals surface area contributed by atoms with Gasteiger partial charge in [0.15, 0.2) is 0 Å². The molecule has 0 amide bonds. The van der Waals surface area contributed by atoms with Crippen LogP contribution < -0.4 is 0 Å². The minimum Gasteiger partial charge on any atom is -0.256 e. The Balaban J connectivity index is 1.73. The Kier molecular flexibility index (Phi) is 2.54. The summed E-state index contributed by atoms with van der Waals surface area (Å²) in [5.74, 6) is 3.43. The summed E-state index contributed by atoms with van der Waals surface area (Å²) in [5, 5.41) is 2.64. The summed E-state index contributed by atoms with van der Waals surface area (Å²) in [6, 6.07) is 6.61. The molecule has 1 aromatic carbocycles. The Morgan fingerprint density at radius 1 is 0.875 bits per heavy atom. The number of aromatic nitrogens is 2. The standard InChI is InChI=1S/C22H22N2/c1-12-5-18-20-16-9-13-6-14(10-16)8-15(7-13)19(20)11-24-22(18)17-3-2-4-23-21(12)17/h2-5,11,13-16H,6-10H2,1H3. The third kappa shape index (κ3) is 1.67. The molecule has 0 spiro atoms. The summed E-state index contributed by atoms with van der Waals surface area (Å²) < 4.78 is 0. The molecule has 24 heavy (non-hydrogen) atoms. The van der Waals surface area contributed by atoms with E-state index in [9.17, 15) is 0 Å². The Bertz CT molecular complexity index is 976. The SMILES string of the molecule is Cc1cc2c3c(cnc2c2cccnc12)C1CC2CC(C1)CC3C2. The van der Waals surface area contributed by atoms with Gasteiger partial charge in [-0.1, -0.05) is 0 Å². The van der Waals surface area contributed by atoms with Crippen LogP contribution in [0.1, 0.15) is 60.6 Å². The fourth-order valence-corrected chi connectivity index (χ4v) is 6.23. The van der Waals surface area contributed by atoms with E-state index in [2.05, 4.69) is 30.2 Å². The Labute approximate surface area is 142 Å². The van der Waals surface area contributed by atoms with Crippen LogP contribution in [-0.2, 0) is 0 Å². The largest absolute Gasteiger partial charge is 0.256 e. The second-order valence-electron chi connectivity index (χ2n) is 8.42. The summed E-state index contributed by atoms with van der Waals surface area (Å²) in [4.78, 5) is 9.57. The molecule has 4 bridgehead atoms. The van der Waals surface area contributed by atoms with Crippen molar-refractivity contribution in [2.45, 2.75) is 50.9 Å². The third-order valence-corrected chi connectivity index (χ3v) is 6.97. The molecule has 2 nitrogen and oxygen atoms in total. The molecule has 2 unspecified atom stereocenters. The highest BCUT2D eigenvalue weighted by molar-refractivity contribution is 6.06. The fraction of sp³-hybridized carbons (Fsp3) is 0.455. The van der Waals surface area contributed by atoms with E-state index >= 15 is 0 Å². The molecule has 2 fully saturated rings. The maximum atomic E-state index is 4.97. The lowest BCUT2D eigenvalue weighted by Crippen LogP contribution is -2.25. The number of pyridine rings is 2. The van der Waals surface area contributed by atoms with Crippen molar-refractivity contribution in [1.29, 1.82) is 0 Å². The second-order valence-corrected chi connectivity index (χ2v) is 8.42. The Hall–Kier alpha value is -1.96. The molecule has 7 rings (SSSR count). The zero-order chi connectivity index (χ0) is 15.8. The number of hydrogen-bond donors (Lipinski definition) is 0. The van der Waals surface area contributed by atoms with Gasteiger partial charge in [0.25, 0.3) is 0 Å². The molecule has 2 aromatic heterocycles. The summed E-state index contributed by atoms with van der Waals surface area (Å²) in [7, 11) is 0. The lowest BCUT2D eigenvalue weighted by atomic mass is 9.67. The van der Waals surface area contributed by atoms with E-state index < -0.39 is 0 Å². The quantitative estimate of drug-likeness (QED) is 0.513. The predicted molar refractivity (Wildman–Crippen MR) is 97.3 cm³/mol. The summed E-state index contributed by atoms with van der Waals surface area (Å²) in [6.07, 6.45) is 11.2. The molecule has 2 atom stereocenters. The molecule has 0 aliphatic heterocycles. The lowest BCUT2D eigenvalue weighted by molar-refractivity contribution is 0.166. The minimum absolute atomic E-state index is 0.760. The van der Waals surface area contributed by atoms with Gasteiger partial charge in [0.1, 0.15) is 0 Å². The summed E-state index contributed by atoms with van der Waals surface area (Å²) in [5.41, 5.74) is 6.81. The van der Waals surface area contributed by atoms with Crippen molar-refractivity contribution in [3.63, 3.8) is 0 Å². The van der Waals surface area contributed by atoms with Crippen molar-refractivity contribution in [3.8, 4) is 0 Å². The first kappa shape index (κ1) is 13.3. The number of aryl methyl sites for hydroxylation is 1. The van der Waals surface area contributed by atoms with E-state index in [0.29, 0.717) is 0 Å². The smallest absolute Gasteiger partial charge is 0.0799 e. The van der Waals surface area contributed by atoms with Crippen molar-refractivity contribution < 1.29 is 0 Å². The Morgan fingerprint density at radius 3 is 2.50 bits per heavy atom. The maximum absolute atomic E-state index is 4.97. The molecule has 2 heteroatoms. The van der Waals surface area contributed by atoms with Gasteiger partial charge >= 0.3 is 0 Å². The first-order valence-electron chi connectivity index (χ1n) is 9.44. The number of rotatable bonds is 0. The van der Waals surface area contributed by atoms with Gasteiger partial charge in [-0.25, -0.2) is 0 Å². The fourth-order valence-electron chi connectivity index (χ4n) is 6.23. The summed E-state index contributed by atoms with van der Waals surface area (Å²) >= 11 is 0. The molecular formula is C22H22N2. The molecule has 2 saturated carbocycles. The van der Waals surface area contributed by atoms with Gasteiger partial charge in [-0.15, -0.1) is 0 Å². The Morgan fingerprint density at radius 2 is 1.67 bits per heavy atom. The van der Waals surface area contributed by atoms with Crippen molar-refractivity contribution >= 4 is 21.8 Å². The minimum atomic E-state index is 0.760. The van der Waals surface area contributed by atoms with E-state index in [1.165, 1.54) is 54.0 Å². The third-order valence-electron chi connectivity index (χ3n) is 6.97. The van der Waals surface area contributed by atoms with Crippen LogP contribution in [0.5, 0.6) is 0 Å². The van der Waals surface area contributed by atoms with E-state index in [1.54, 1.807) is 11.1 Å². The van der Waals surface area contributed by atoms with Crippen LogP contribution in [0.15, 0.2) is 30.6 Å². The van der Waals surface area contributed by atoms with Crippen molar-refractivity contribution in [1.82, 2.24) is 9.97 Å². The lowest BCUT2D eigenvalue weighted by Gasteiger charge is -2.38. The highest BCUT2D eigenvalue weighted by Gasteiger charge is 2.42. The van der Waals surface area contributed by atoms with Crippen LogP contribution in [0.25, 0.3) is 21.8 Å². The average molecular weight is 314 g/mol. The molecule has 4 aliphatic carbocycles. The highest BCUT2D eigenvalue weighted by atomic mass is 14.7. The first-order chi connectivity index (χ1) is 11.8. The zero-order valence-corrected chi connectivity index (χ0v) is 14.1. The van der Waals surface area contributed by atoms with Gasteiger partial charge in [-0.2, -0.15) is 0 Å². The first-order valence-corrected chi connectivity index (χ1v) is 9.44. The van der Waals surface area contributed by atoms with E-state index in [1.807, 2.05) is 12.3 Å². The van der Waals surface area contributed by atoms with Crippen LogP contribution in [0, 0.1) is 18.8 Å². The van der Waals surface area contributed by atoms with E-state index in [4.69, 9.17) is 4.98 Å². The van der Waals surface area contributed by atoms with Gasteiger partial charge in [0, 0.05) is 23.2 Å². The summed E-state index contributed by atoms with van der Waals surface area (Å²) in [6.45, 7) is 2.20.